The molecule has 1 aliphatic heterocycles. The van der Waals surface area contributed by atoms with Gasteiger partial charge in [0, 0.05) is 12.6 Å². The first-order valence-electron chi connectivity index (χ1n) is 7.99. The molecule has 0 bridgehead atoms. The van der Waals surface area contributed by atoms with Gasteiger partial charge in [-0.2, -0.15) is 0 Å². The van der Waals surface area contributed by atoms with Crippen LogP contribution in [-0.4, -0.2) is 18.5 Å². The molecule has 4 heteroatoms. The van der Waals surface area contributed by atoms with Crippen molar-refractivity contribution in [1.29, 1.82) is 0 Å². The SMILES string of the molecule is Cl.O=C(NC1Cc2ccccc2C1)[C@H]1NCCc2ccccc21. The molecule has 4 rings (SSSR count). The topological polar surface area (TPSA) is 41.1 Å². The molecule has 2 N–H and O–H groups in total. The lowest BCUT2D eigenvalue weighted by Crippen LogP contribution is -2.45. The van der Waals surface area contributed by atoms with Crippen LogP contribution in [0.4, 0.5) is 0 Å². The molecular formula is C19H21ClN2O. The standard InChI is InChI=1S/C19H20N2O.ClH/c22-19(18-17-8-4-3-5-13(17)9-10-20-18)21-16-11-14-6-1-2-7-15(14)12-16;/h1-8,16,18,20H,9-12H2,(H,21,22);1H/t18-;/m0./s1. The number of amides is 1. The van der Waals surface area contributed by atoms with Crippen molar-refractivity contribution in [2.75, 3.05) is 6.54 Å². The predicted molar refractivity (Wildman–Crippen MR) is 93.9 cm³/mol. The van der Waals surface area contributed by atoms with Gasteiger partial charge in [0.15, 0.2) is 0 Å². The van der Waals surface area contributed by atoms with Crippen LogP contribution in [0.25, 0.3) is 0 Å². The molecule has 2 aromatic rings. The average molecular weight is 329 g/mol. The smallest absolute Gasteiger partial charge is 0.241 e. The van der Waals surface area contributed by atoms with Gasteiger partial charge in [-0.25, -0.2) is 0 Å². The molecule has 0 aromatic heterocycles. The second kappa shape index (κ2) is 6.73. The number of benzene rings is 2. The van der Waals surface area contributed by atoms with E-state index >= 15 is 0 Å². The lowest BCUT2D eigenvalue weighted by Gasteiger charge is -2.27. The van der Waals surface area contributed by atoms with E-state index in [1.807, 2.05) is 12.1 Å². The third-order valence-corrected chi connectivity index (χ3v) is 4.77. The van der Waals surface area contributed by atoms with Crippen LogP contribution in [0.2, 0.25) is 0 Å². The maximum atomic E-state index is 12.7. The lowest BCUT2D eigenvalue weighted by molar-refractivity contribution is -0.124. The lowest BCUT2D eigenvalue weighted by atomic mass is 9.93. The van der Waals surface area contributed by atoms with Crippen molar-refractivity contribution in [2.45, 2.75) is 31.3 Å². The molecule has 0 unspecified atom stereocenters. The summed E-state index contributed by atoms with van der Waals surface area (Å²) in [6.45, 7) is 0.861. The van der Waals surface area contributed by atoms with E-state index < -0.39 is 0 Å². The first kappa shape index (κ1) is 16.0. The summed E-state index contributed by atoms with van der Waals surface area (Å²) >= 11 is 0. The maximum Gasteiger partial charge on any atom is 0.241 e. The Balaban J connectivity index is 0.00000156. The molecule has 3 nitrogen and oxygen atoms in total. The minimum atomic E-state index is -0.214. The second-order valence-corrected chi connectivity index (χ2v) is 6.22. The third kappa shape index (κ3) is 3.12. The van der Waals surface area contributed by atoms with Gasteiger partial charge >= 0.3 is 0 Å². The number of hydrogen-bond acceptors (Lipinski definition) is 2. The van der Waals surface area contributed by atoms with Crippen LogP contribution in [-0.2, 0) is 24.1 Å². The summed E-state index contributed by atoms with van der Waals surface area (Å²) in [6.07, 6.45) is 2.88. The second-order valence-electron chi connectivity index (χ2n) is 6.22. The molecule has 120 valence electrons. The molecule has 1 atom stereocenters. The highest BCUT2D eigenvalue weighted by Crippen LogP contribution is 2.25. The Bertz CT molecular complexity index is 691. The first-order chi connectivity index (χ1) is 10.8. The minimum Gasteiger partial charge on any atom is -0.351 e. The Morgan fingerprint density at radius 1 is 0.957 bits per heavy atom. The number of rotatable bonds is 2. The van der Waals surface area contributed by atoms with E-state index in [-0.39, 0.29) is 30.4 Å². The van der Waals surface area contributed by atoms with Gasteiger partial charge < -0.3 is 10.6 Å². The number of hydrogen-bond donors (Lipinski definition) is 2. The minimum absolute atomic E-state index is 0. The maximum absolute atomic E-state index is 12.7. The summed E-state index contributed by atoms with van der Waals surface area (Å²) in [7, 11) is 0. The van der Waals surface area contributed by atoms with Crippen LogP contribution < -0.4 is 10.6 Å². The molecule has 0 saturated carbocycles. The summed E-state index contributed by atoms with van der Waals surface area (Å²) in [4.78, 5) is 12.7. The fourth-order valence-corrected chi connectivity index (χ4v) is 3.68. The van der Waals surface area contributed by atoms with E-state index in [0.717, 1.165) is 31.4 Å². The van der Waals surface area contributed by atoms with Crippen molar-refractivity contribution in [3.8, 4) is 0 Å². The van der Waals surface area contributed by atoms with Crippen LogP contribution in [0.5, 0.6) is 0 Å². The fraction of sp³-hybridized carbons (Fsp3) is 0.316. The zero-order chi connectivity index (χ0) is 14.9. The van der Waals surface area contributed by atoms with Gasteiger partial charge in [0.2, 0.25) is 5.91 Å². The van der Waals surface area contributed by atoms with E-state index in [2.05, 4.69) is 47.0 Å². The van der Waals surface area contributed by atoms with Crippen LogP contribution in [0, 0.1) is 0 Å². The molecular weight excluding hydrogens is 308 g/mol. The third-order valence-electron chi connectivity index (χ3n) is 4.77. The molecule has 1 aliphatic carbocycles. The Morgan fingerprint density at radius 3 is 2.26 bits per heavy atom. The van der Waals surface area contributed by atoms with Crippen molar-refractivity contribution < 1.29 is 4.79 Å². The summed E-state index contributed by atoms with van der Waals surface area (Å²) in [5.41, 5.74) is 5.15. The summed E-state index contributed by atoms with van der Waals surface area (Å²) < 4.78 is 0. The van der Waals surface area contributed by atoms with Crippen LogP contribution in [0.1, 0.15) is 28.3 Å². The Hall–Kier alpha value is -1.84. The van der Waals surface area contributed by atoms with E-state index in [4.69, 9.17) is 0 Å². The van der Waals surface area contributed by atoms with E-state index in [1.165, 1.54) is 16.7 Å². The highest BCUT2D eigenvalue weighted by Gasteiger charge is 2.29. The zero-order valence-corrected chi connectivity index (χ0v) is 13.7. The zero-order valence-electron chi connectivity index (χ0n) is 12.9. The molecule has 0 saturated heterocycles. The Labute approximate surface area is 142 Å². The van der Waals surface area contributed by atoms with Crippen molar-refractivity contribution in [2.24, 2.45) is 0 Å². The number of carbonyl (C=O) groups excluding carboxylic acids is 1. The van der Waals surface area contributed by atoms with E-state index in [0.29, 0.717) is 0 Å². The molecule has 0 spiro atoms. The number of fused-ring (bicyclic) bond motifs is 2. The van der Waals surface area contributed by atoms with Gasteiger partial charge in [-0.1, -0.05) is 48.5 Å². The number of nitrogens with one attached hydrogen (secondary N) is 2. The van der Waals surface area contributed by atoms with E-state index in [1.54, 1.807) is 0 Å². The molecule has 0 fully saturated rings. The van der Waals surface area contributed by atoms with Crippen molar-refractivity contribution in [3.63, 3.8) is 0 Å². The highest BCUT2D eigenvalue weighted by atomic mass is 35.5. The largest absolute Gasteiger partial charge is 0.351 e. The summed E-state index contributed by atoms with van der Waals surface area (Å²) in [5, 5.41) is 6.59. The normalized spacial score (nSPS) is 19.4. The van der Waals surface area contributed by atoms with Gasteiger partial charge in [0.1, 0.15) is 6.04 Å². The summed E-state index contributed by atoms with van der Waals surface area (Å²) in [6, 6.07) is 16.7. The summed E-state index contributed by atoms with van der Waals surface area (Å²) in [5.74, 6) is 0.102. The monoisotopic (exact) mass is 328 g/mol. The van der Waals surface area contributed by atoms with E-state index in [9.17, 15) is 4.79 Å². The van der Waals surface area contributed by atoms with Crippen molar-refractivity contribution >= 4 is 18.3 Å². The Kier molecular flexibility index (Phi) is 4.69. The quantitative estimate of drug-likeness (QED) is 0.889. The molecule has 0 radical (unpaired) electrons. The fourth-order valence-electron chi connectivity index (χ4n) is 3.68. The van der Waals surface area contributed by atoms with Gasteiger partial charge in [0.05, 0.1) is 0 Å². The van der Waals surface area contributed by atoms with Gasteiger partial charge in [-0.3, -0.25) is 4.79 Å². The highest BCUT2D eigenvalue weighted by molar-refractivity contribution is 5.85. The van der Waals surface area contributed by atoms with Crippen LogP contribution in [0.15, 0.2) is 48.5 Å². The predicted octanol–water partition coefficient (Wildman–Crippen LogP) is 2.58. The molecule has 2 aliphatic rings. The van der Waals surface area contributed by atoms with Crippen LogP contribution >= 0.6 is 12.4 Å². The molecule has 1 amide bonds. The van der Waals surface area contributed by atoms with Crippen molar-refractivity contribution in [3.05, 3.63) is 70.8 Å². The van der Waals surface area contributed by atoms with Gasteiger partial charge in [-0.15, -0.1) is 12.4 Å². The van der Waals surface area contributed by atoms with Crippen molar-refractivity contribution in [1.82, 2.24) is 10.6 Å². The number of carbonyl (C=O) groups is 1. The van der Waals surface area contributed by atoms with Crippen LogP contribution in [0.3, 0.4) is 0 Å². The molecule has 1 heterocycles. The van der Waals surface area contributed by atoms with Gasteiger partial charge in [0.25, 0.3) is 0 Å². The first-order valence-corrected chi connectivity index (χ1v) is 7.99. The molecule has 2 aromatic carbocycles. The van der Waals surface area contributed by atoms with Gasteiger partial charge in [-0.05, 0) is 41.5 Å². The average Bonchev–Trinajstić information content (AvgIpc) is 2.96. The number of halogens is 1. The molecule has 23 heavy (non-hydrogen) atoms. The Morgan fingerprint density at radius 2 is 1.57 bits per heavy atom.